The largest absolute Gasteiger partial charge is 0.328 e. The Morgan fingerprint density at radius 3 is 2.53 bits per heavy atom. The molecule has 1 N–H and O–H groups in total. The summed E-state index contributed by atoms with van der Waals surface area (Å²) < 4.78 is 26.8. The van der Waals surface area contributed by atoms with Crippen molar-refractivity contribution < 1.29 is 8.78 Å². The third-order valence-electron chi connectivity index (χ3n) is 2.23. The average Bonchev–Trinajstić information content (AvgIpc) is 2.27. The molecule has 17 heavy (non-hydrogen) atoms. The summed E-state index contributed by atoms with van der Waals surface area (Å²) in [5, 5.41) is 0. The predicted octanol–water partition coefficient (Wildman–Crippen LogP) is 0.863. The predicted molar refractivity (Wildman–Crippen MR) is 56.8 cm³/mol. The van der Waals surface area contributed by atoms with Crippen LogP contribution in [0.4, 0.5) is 8.78 Å². The molecule has 88 valence electrons. The number of hydrogen-bond acceptors (Lipinski definition) is 2. The lowest BCUT2D eigenvalue weighted by Crippen LogP contribution is -2.28. The van der Waals surface area contributed by atoms with Crippen molar-refractivity contribution in [2.45, 2.75) is 6.54 Å². The number of nitrogens with zero attached hydrogens (tertiary/aromatic N) is 1. The Hall–Kier alpha value is -2.24. The smallest absolute Gasteiger partial charge is 0.296 e. The molecule has 1 aromatic carbocycles. The van der Waals surface area contributed by atoms with Crippen molar-refractivity contribution in [2.24, 2.45) is 0 Å². The number of nitrogens with one attached hydrogen (secondary N) is 1. The van der Waals surface area contributed by atoms with Crippen molar-refractivity contribution >= 4 is 0 Å². The topological polar surface area (TPSA) is 54.9 Å². The molecule has 0 bridgehead atoms. The molecule has 0 saturated heterocycles. The van der Waals surface area contributed by atoms with Crippen molar-refractivity contribution in [1.82, 2.24) is 9.55 Å². The first-order valence-corrected chi connectivity index (χ1v) is 4.80. The van der Waals surface area contributed by atoms with E-state index in [0.717, 1.165) is 12.1 Å². The number of benzene rings is 1. The maximum Gasteiger partial charge on any atom is 0.328 e. The van der Waals surface area contributed by atoms with E-state index in [2.05, 4.69) is 4.98 Å². The Kier molecular flexibility index (Phi) is 2.86. The lowest BCUT2D eigenvalue weighted by molar-refractivity contribution is 0.506. The van der Waals surface area contributed by atoms with Crippen LogP contribution in [0.2, 0.25) is 0 Å². The van der Waals surface area contributed by atoms with Crippen LogP contribution in [0, 0.1) is 11.6 Å². The molecule has 0 atom stereocenters. The van der Waals surface area contributed by atoms with E-state index in [9.17, 15) is 18.4 Å². The average molecular weight is 238 g/mol. The highest BCUT2D eigenvalue weighted by molar-refractivity contribution is 5.18. The summed E-state index contributed by atoms with van der Waals surface area (Å²) in [4.78, 5) is 24.2. The Balaban J connectivity index is 2.35. The molecule has 2 aromatic rings. The van der Waals surface area contributed by atoms with Crippen LogP contribution in [0.5, 0.6) is 0 Å². The monoisotopic (exact) mass is 238 g/mol. The van der Waals surface area contributed by atoms with Crippen LogP contribution in [0.1, 0.15) is 5.56 Å². The molecule has 0 aliphatic heterocycles. The molecule has 0 radical (unpaired) electrons. The van der Waals surface area contributed by atoms with Crippen LogP contribution >= 0.6 is 0 Å². The zero-order chi connectivity index (χ0) is 12.4. The van der Waals surface area contributed by atoms with Crippen LogP contribution in [0.15, 0.2) is 40.1 Å². The zero-order valence-electron chi connectivity index (χ0n) is 8.61. The van der Waals surface area contributed by atoms with Crippen molar-refractivity contribution in [3.63, 3.8) is 0 Å². The van der Waals surface area contributed by atoms with E-state index >= 15 is 0 Å². The molecule has 0 saturated carbocycles. The van der Waals surface area contributed by atoms with E-state index in [4.69, 9.17) is 0 Å². The lowest BCUT2D eigenvalue weighted by atomic mass is 10.2. The molecule has 4 nitrogen and oxygen atoms in total. The van der Waals surface area contributed by atoms with Gasteiger partial charge >= 0.3 is 5.69 Å². The van der Waals surface area contributed by atoms with Crippen LogP contribution in [0.25, 0.3) is 0 Å². The summed E-state index contributed by atoms with van der Waals surface area (Å²) >= 11 is 0. The standard InChI is InChI=1S/C11H8F2N2O2/c12-8-2-1-7(5-9(8)13)6-15-4-3-10(16)14-11(15)17/h1-5H,6H2,(H,14,16,17). The first-order chi connectivity index (χ1) is 8.06. The van der Waals surface area contributed by atoms with Crippen molar-refractivity contribution in [3.05, 3.63) is 68.5 Å². The summed E-state index contributed by atoms with van der Waals surface area (Å²) in [5.41, 5.74) is -0.670. The number of aromatic nitrogens is 2. The van der Waals surface area contributed by atoms with Crippen molar-refractivity contribution in [2.75, 3.05) is 0 Å². The van der Waals surface area contributed by atoms with E-state index < -0.39 is 22.9 Å². The molecule has 6 heteroatoms. The van der Waals surface area contributed by atoms with Gasteiger partial charge in [-0.2, -0.15) is 0 Å². The molecular formula is C11H8F2N2O2. The van der Waals surface area contributed by atoms with Crippen molar-refractivity contribution in [3.8, 4) is 0 Å². The van der Waals surface area contributed by atoms with Gasteiger partial charge in [0.25, 0.3) is 5.56 Å². The molecule has 0 spiro atoms. The second-order valence-electron chi connectivity index (χ2n) is 3.49. The molecule has 0 aliphatic rings. The van der Waals surface area contributed by atoms with Gasteiger partial charge in [0.1, 0.15) is 0 Å². The maximum atomic E-state index is 12.9. The van der Waals surface area contributed by atoms with Gasteiger partial charge in [-0.05, 0) is 17.7 Å². The SMILES string of the molecule is O=c1ccn(Cc2ccc(F)c(F)c2)c(=O)[nH]1. The van der Waals surface area contributed by atoms with Crippen LogP contribution < -0.4 is 11.2 Å². The van der Waals surface area contributed by atoms with E-state index in [1.807, 2.05) is 0 Å². The Morgan fingerprint density at radius 2 is 1.88 bits per heavy atom. The minimum atomic E-state index is -0.972. The summed E-state index contributed by atoms with van der Waals surface area (Å²) in [6, 6.07) is 4.55. The summed E-state index contributed by atoms with van der Waals surface area (Å²) in [6.45, 7) is 0.0623. The highest BCUT2D eigenvalue weighted by Crippen LogP contribution is 2.09. The molecule has 1 aromatic heterocycles. The normalized spacial score (nSPS) is 10.5. The van der Waals surface area contributed by atoms with E-state index in [1.54, 1.807) is 0 Å². The van der Waals surface area contributed by atoms with Gasteiger partial charge in [-0.3, -0.25) is 14.3 Å². The Bertz CT molecular complexity index is 661. The van der Waals surface area contributed by atoms with Gasteiger partial charge in [0, 0.05) is 12.3 Å². The maximum absolute atomic E-state index is 12.9. The second-order valence-corrected chi connectivity index (χ2v) is 3.49. The van der Waals surface area contributed by atoms with Crippen LogP contribution in [-0.2, 0) is 6.54 Å². The third-order valence-corrected chi connectivity index (χ3v) is 2.23. The van der Waals surface area contributed by atoms with E-state index in [-0.39, 0.29) is 6.54 Å². The molecular weight excluding hydrogens is 230 g/mol. The fourth-order valence-electron chi connectivity index (χ4n) is 1.40. The molecule has 0 aliphatic carbocycles. The van der Waals surface area contributed by atoms with Crippen LogP contribution in [-0.4, -0.2) is 9.55 Å². The van der Waals surface area contributed by atoms with Gasteiger partial charge in [-0.15, -0.1) is 0 Å². The quantitative estimate of drug-likeness (QED) is 0.843. The van der Waals surface area contributed by atoms with Gasteiger partial charge in [0.05, 0.1) is 6.54 Å². The van der Waals surface area contributed by atoms with Gasteiger partial charge in [0.2, 0.25) is 0 Å². The molecule has 2 rings (SSSR count). The van der Waals surface area contributed by atoms with Crippen molar-refractivity contribution in [1.29, 1.82) is 0 Å². The second kappa shape index (κ2) is 4.32. The first kappa shape index (κ1) is 11.3. The Morgan fingerprint density at radius 1 is 1.12 bits per heavy atom. The third kappa shape index (κ3) is 2.47. The van der Waals surface area contributed by atoms with Crippen LogP contribution in [0.3, 0.4) is 0 Å². The molecule has 0 fully saturated rings. The molecule has 1 heterocycles. The Labute approximate surface area is 94.2 Å². The minimum Gasteiger partial charge on any atom is -0.296 e. The number of H-pyrrole nitrogens is 1. The number of aromatic amines is 1. The summed E-state index contributed by atoms with van der Waals surface area (Å²) in [7, 11) is 0. The highest BCUT2D eigenvalue weighted by atomic mass is 19.2. The fourth-order valence-corrected chi connectivity index (χ4v) is 1.40. The number of hydrogen-bond donors (Lipinski definition) is 1. The van der Waals surface area contributed by atoms with E-state index in [1.165, 1.54) is 22.9 Å². The van der Waals surface area contributed by atoms with E-state index in [0.29, 0.717) is 5.56 Å². The fraction of sp³-hybridized carbons (Fsp3) is 0.0909. The van der Waals surface area contributed by atoms with Gasteiger partial charge in [-0.1, -0.05) is 6.07 Å². The van der Waals surface area contributed by atoms with Gasteiger partial charge in [-0.25, -0.2) is 13.6 Å². The zero-order valence-corrected chi connectivity index (χ0v) is 8.61. The minimum absolute atomic E-state index is 0.0623. The number of rotatable bonds is 2. The van der Waals surface area contributed by atoms with Gasteiger partial charge in [0.15, 0.2) is 11.6 Å². The molecule has 0 unspecified atom stereocenters. The number of halogens is 2. The lowest BCUT2D eigenvalue weighted by Gasteiger charge is -2.04. The highest BCUT2D eigenvalue weighted by Gasteiger charge is 2.04. The first-order valence-electron chi connectivity index (χ1n) is 4.80. The molecule has 0 amide bonds. The van der Waals surface area contributed by atoms with Gasteiger partial charge < -0.3 is 0 Å². The summed E-state index contributed by atoms with van der Waals surface area (Å²) in [5.74, 6) is -1.91. The summed E-state index contributed by atoms with van der Waals surface area (Å²) in [6.07, 6.45) is 1.29.